The van der Waals surface area contributed by atoms with E-state index in [1.165, 1.54) is 61.8 Å². The van der Waals surface area contributed by atoms with Crippen molar-refractivity contribution in [3.63, 3.8) is 0 Å². The highest BCUT2D eigenvalue weighted by Crippen LogP contribution is 2.59. The van der Waals surface area contributed by atoms with Crippen LogP contribution in [0.25, 0.3) is 10.9 Å². The lowest BCUT2D eigenvalue weighted by molar-refractivity contribution is 0.0771. The fraction of sp³-hybridized carbons (Fsp3) is 0.529. The summed E-state index contributed by atoms with van der Waals surface area (Å²) < 4.78 is 0. The summed E-state index contributed by atoms with van der Waals surface area (Å²) in [7, 11) is 0. The number of aryl methyl sites for hydroxylation is 1. The highest BCUT2D eigenvalue weighted by molar-refractivity contribution is 5.85. The van der Waals surface area contributed by atoms with Crippen LogP contribution in [0.1, 0.15) is 43.0 Å². The Morgan fingerprint density at radius 1 is 1.11 bits per heavy atom. The summed E-state index contributed by atoms with van der Waals surface area (Å²) in [5.74, 6) is 0. The number of benzene rings is 1. The zero-order valence-corrected chi connectivity index (χ0v) is 11.3. The van der Waals surface area contributed by atoms with E-state index in [1.54, 1.807) is 5.56 Å². The third-order valence-corrected chi connectivity index (χ3v) is 5.94. The molecule has 2 bridgehead atoms. The number of para-hydroxylation sites is 1. The number of H-pyrrole nitrogens is 1. The van der Waals surface area contributed by atoms with Gasteiger partial charge in [0.05, 0.1) is 0 Å². The van der Waals surface area contributed by atoms with Crippen molar-refractivity contribution in [1.82, 2.24) is 9.88 Å². The number of nitrogens with one attached hydrogen (secondary N) is 1. The highest BCUT2D eigenvalue weighted by Gasteiger charge is 2.53. The molecule has 0 saturated carbocycles. The average molecular weight is 252 g/mol. The first kappa shape index (κ1) is 10.5. The number of piperidine rings is 1. The molecule has 1 unspecified atom stereocenters. The Kier molecular flexibility index (Phi) is 1.89. The van der Waals surface area contributed by atoms with E-state index >= 15 is 0 Å². The van der Waals surface area contributed by atoms with Crippen LogP contribution in [0.4, 0.5) is 0 Å². The van der Waals surface area contributed by atoms with E-state index in [0.29, 0.717) is 11.5 Å². The van der Waals surface area contributed by atoms with Crippen LogP contribution in [0.3, 0.4) is 0 Å². The van der Waals surface area contributed by atoms with Gasteiger partial charge >= 0.3 is 0 Å². The van der Waals surface area contributed by atoms with Crippen molar-refractivity contribution >= 4 is 10.9 Å². The summed E-state index contributed by atoms with van der Waals surface area (Å²) in [4.78, 5) is 6.45. The lowest BCUT2D eigenvalue weighted by atomic mass is 9.65. The van der Waals surface area contributed by atoms with Crippen LogP contribution in [0.2, 0.25) is 0 Å². The molecule has 3 atom stereocenters. The zero-order valence-electron chi connectivity index (χ0n) is 11.3. The molecule has 3 aliphatic rings. The molecule has 98 valence electrons. The Balaban J connectivity index is 1.80. The van der Waals surface area contributed by atoms with E-state index in [9.17, 15) is 0 Å². The van der Waals surface area contributed by atoms with Crippen LogP contribution in [0.5, 0.6) is 0 Å². The maximum Gasteiger partial charge on any atom is 0.0459 e. The largest absolute Gasteiger partial charge is 0.358 e. The molecule has 0 radical (unpaired) electrons. The van der Waals surface area contributed by atoms with Gasteiger partial charge in [-0.05, 0) is 62.2 Å². The van der Waals surface area contributed by atoms with Gasteiger partial charge in [0.2, 0.25) is 0 Å². The van der Waals surface area contributed by atoms with Gasteiger partial charge in [0.25, 0.3) is 0 Å². The average Bonchev–Trinajstić information content (AvgIpc) is 2.92. The third-order valence-electron chi connectivity index (χ3n) is 5.94. The van der Waals surface area contributed by atoms with E-state index in [0.717, 1.165) is 0 Å². The van der Waals surface area contributed by atoms with Crippen molar-refractivity contribution < 1.29 is 0 Å². The summed E-state index contributed by atoms with van der Waals surface area (Å²) in [5.41, 5.74) is 5.13. The molecular formula is C17H20N2. The highest BCUT2D eigenvalue weighted by atomic mass is 15.2. The first-order chi connectivity index (χ1) is 9.37. The lowest BCUT2D eigenvalue weighted by Crippen LogP contribution is -2.40. The number of rotatable bonds is 0. The molecule has 1 aromatic carbocycles. The molecule has 2 aliphatic heterocycles. The van der Waals surface area contributed by atoms with Crippen molar-refractivity contribution in [2.45, 2.75) is 38.1 Å². The molecule has 1 aromatic heterocycles. The summed E-state index contributed by atoms with van der Waals surface area (Å²) in [6, 6.07) is 9.61. The molecule has 0 spiro atoms. The Morgan fingerprint density at radius 2 is 2.05 bits per heavy atom. The van der Waals surface area contributed by atoms with Gasteiger partial charge in [-0.25, -0.2) is 0 Å². The molecule has 2 aromatic rings. The SMILES string of the molecule is c1ccc2c3c([nH]c2c1)CC[C@]12CCCN(CC1)[C@H]32. The third kappa shape index (κ3) is 1.21. The van der Waals surface area contributed by atoms with E-state index in [-0.39, 0.29) is 0 Å². The predicted molar refractivity (Wildman–Crippen MR) is 77.2 cm³/mol. The van der Waals surface area contributed by atoms with Gasteiger partial charge in [0, 0.05) is 22.6 Å². The maximum absolute atomic E-state index is 3.69. The molecule has 0 amide bonds. The van der Waals surface area contributed by atoms with Crippen molar-refractivity contribution in [3.05, 3.63) is 35.5 Å². The van der Waals surface area contributed by atoms with E-state index in [2.05, 4.69) is 34.1 Å². The molecule has 5 rings (SSSR count). The molecule has 2 saturated heterocycles. The van der Waals surface area contributed by atoms with E-state index in [4.69, 9.17) is 0 Å². The Labute approximate surface area is 113 Å². The minimum Gasteiger partial charge on any atom is -0.358 e. The predicted octanol–water partition coefficient (Wildman–Crippen LogP) is 3.64. The zero-order chi connectivity index (χ0) is 12.4. The van der Waals surface area contributed by atoms with Gasteiger partial charge in [0.1, 0.15) is 0 Å². The summed E-state index contributed by atoms with van der Waals surface area (Å²) in [6.07, 6.45) is 6.94. The van der Waals surface area contributed by atoms with Crippen molar-refractivity contribution in [2.24, 2.45) is 5.41 Å². The van der Waals surface area contributed by atoms with Crippen molar-refractivity contribution in [2.75, 3.05) is 13.1 Å². The fourth-order valence-electron chi connectivity index (χ4n) is 5.13. The van der Waals surface area contributed by atoms with Gasteiger partial charge in [-0.1, -0.05) is 18.2 Å². The first-order valence-corrected chi connectivity index (χ1v) is 7.71. The Morgan fingerprint density at radius 3 is 3.05 bits per heavy atom. The number of aromatic amines is 1. The van der Waals surface area contributed by atoms with Crippen LogP contribution >= 0.6 is 0 Å². The molecule has 19 heavy (non-hydrogen) atoms. The summed E-state index contributed by atoms with van der Waals surface area (Å²) in [5, 5.41) is 1.49. The molecular weight excluding hydrogens is 232 g/mol. The fourth-order valence-corrected chi connectivity index (χ4v) is 5.13. The van der Waals surface area contributed by atoms with Crippen LogP contribution in [-0.2, 0) is 6.42 Å². The van der Waals surface area contributed by atoms with Crippen molar-refractivity contribution in [3.8, 4) is 0 Å². The van der Waals surface area contributed by atoms with Crippen LogP contribution < -0.4 is 0 Å². The first-order valence-electron chi connectivity index (χ1n) is 7.71. The van der Waals surface area contributed by atoms with Crippen molar-refractivity contribution in [1.29, 1.82) is 0 Å². The number of aromatic nitrogens is 1. The molecule has 1 aliphatic carbocycles. The number of fused-ring (bicyclic) bond motifs is 3. The smallest absolute Gasteiger partial charge is 0.0459 e. The number of nitrogens with zero attached hydrogens (tertiary/aromatic N) is 1. The topological polar surface area (TPSA) is 19.0 Å². The quantitative estimate of drug-likeness (QED) is 0.758. The number of hydrogen-bond acceptors (Lipinski definition) is 1. The maximum atomic E-state index is 3.69. The van der Waals surface area contributed by atoms with Crippen LogP contribution in [0, 0.1) is 5.41 Å². The van der Waals surface area contributed by atoms with Gasteiger partial charge in [0.15, 0.2) is 0 Å². The molecule has 2 nitrogen and oxygen atoms in total. The Hall–Kier alpha value is -1.28. The summed E-state index contributed by atoms with van der Waals surface area (Å²) >= 11 is 0. The minimum atomic E-state index is 0.607. The van der Waals surface area contributed by atoms with Gasteiger partial charge in [-0.3, -0.25) is 4.90 Å². The molecule has 2 heteroatoms. The Bertz CT molecular complexity index is 652. The number of hydrogen-bond donors (Lipinski definition) is 1. The second kappa shape index (κ2) is 3.43. The standard InChI is InChI=1S/C17H20N2/c1-2-5-13-12(4-1)15-14(18-13)6-8-17-7-3-10-19(11-9-17)16(15)17/h1-2,4-5,16,18H,3,6-11H2/t16-,17-/m1/s1. The molecule has 2 fully saturated rings. The lowest BCUT2D eigenvalue weighted by Gasteiger charge is -2.46. The van der Waals surface area contributed by atoms with E-state index in [1.807, 2.05) is 0 Å². The normalized spacial score (nSPS) is 36.2. The second-order valence-electron chi connectivity index (χ2n) is 6.72. The summed E-state index contributed by atoms with van der Waals surface area (Å²) in [6.45, 7) is 2.63. The second-order valence-corrected chi connectivity index (χ2v) is 6.72. The molecule has 3 heterocycles. The van der Waals surface area contributed by atoms with Gasteiger partial charge in [-0.15, -0.1) is 0 Å². The van der Waals surface area contributed by atoms with E-state index < -0.39 is 0 Å². The van der Waals surface area contributed by atoms with Crippen LogP contribution in [0.15, 0.2) is 24.3 Å². The van der Waals surface area contributed by atoms with Crippen LogP contribution in [-0.4, -0.2) is 23.0 Å². The minimum absolute atomic E-state index is 0.607. The molecule has 1 N–H and O–H groups in total. The van der Waals surface area contributed by atoms with Gasteiger partial charge < -0.3 is 4.98 Å². The monoisotopic (exact) mass is 252 g/mol. The van der Waals surface area contributed by atoms with Gasteiger partial charge in [-0.2, -0.15) is 0 Å².